The number of hydrogen-bond acceptors (Lipinski definition) is 6. The normalized spacial score (nSPS) is 17.0. The van der Waals surface area contributed by atoms with Gasteiger partial charge in [0.25, 0.3) is 0 Å². The fraction of sp³-hybridized carbons (Fsp3) is 0.333. The third-order valence-corrected chi connectivity index (χ3v) is 5.67. The first-order chi connectivity index (χ1) is 12.9. The molecule has 1 fully saturated rings. The molecule has 1 aromatic heterocycles. The zero-order valence-electron chi connectivity index (χ0n) is 14.7. The largest absolute Gasteiger partial charge is 0.481 e. The summed E-state index contributed by atoms with van der Waals surface area (Å²) >= 11 is 0. The van der Waals surface area contributed by atoms with Crippen LogP contribution in [0.1, 0.15) is 23.2 Å². The standard InChI is InChI=1S/C18H20N2O6S/c1-25-17-5-4-12(10-19-17)13-7-14(18(21)22)9-16(8-13)27(23,24)20-11-15-3-2-6-26-15/h4-5,7-10,15,20H,2-3,6,11H2,1H3,(H,21,22)/t15-/m0/s1. The number of carbonyl (C=O) groups is 1. The predicted molar refractivity (Wildman–Crippen MR) is 97.3 cm³/mol. The summed E-state index contributed by atoms with van der Waals surface area (Å²) in [5.41, 5.74) is 0.887. The Bertz CT molecular complexity index is 921. The Kier molecular flexibility index (Phi) is 5.73. The van der Waals surface area contributed by atoms with Crippen molar-refractivity contribution in [2.24, 2.45) is 0 Å². The van der Waals surface area contributed by atoms with E-state index in [1.807, 2.05) is 0 Å². The Morgan fingerprint density at radius 1 is 1.33 bits per heavy atom. The van der Waals surface area contributed by atoms with E-state index < -0.39 is 16.0 Å². The third-order valence-electron chi connectivity index (χ3n) is 4.27. The monoisotopic (exact) mass is 392 g/mol. The van der Waals surface area contributed by atoms with Gasteiger partial charge in [-0.05, 0) is 42.7 Å². The summed E-state index contributed by atoms with van der Waals surface area (Å²) in [6.07, 6.45) is 3.03. The molecule has 0 radical (unpaired) electrons. The van der Waals surface area contributed by atoms with E-state index in [0.717, 1.165) is 18.9 Å². The van der Waals surface area contributed by atoms with Crippen LogP contribution in [-0.4, -0.2) is 50.8 Å². The van der Waals surface area contributed by atoms with Crippen molar-refractivity contribution >= 4 is 16.0 Å². The van der Waals surface area contributed by atoms with Crippen LogP contribution in [0.15, 0.2) is 41.4 Å². The van der Waals surface area contributed by atoms with E-state index in [9.17, 15) is 18.3 Å². The Labute approximate surface area is 157 Å². The molecule has 2 aromatic rings. The van der Waals surface area contributed by atoms with Crippen molar-refractivity contribution in [3.63, 3.8) is 0 Å². The first-order valence-corrected chi connectivity index (χ1v) is 9.87. The van der Waals surface area contributed by atoms with Crippen LogP contribution in [0.4, 0.5) is 0 Å². The van der Waals surface area contributed by atoms with Gasteiger partial charge in [0.15, 0.2) is 0 Å². The van der Waals surface area contributed by atoms with Gasteiger partial charge in [-0.3, -0.25) is 0 Å². The molecule has 3 rings (SSSR count). The van der Waals surface area contributed by atoms with Crippen LogP contribution in [-0.2, 0) is 14.8 Å². The van der Waals surface area contributed by atoms with Crippen LogP contribution in [0.2, 0.25) is 0 Å². The van der Waals surface area contributed by atoms with Crippen LogP contribution in [0, 0.1) is 0 Å². The number of aromatic nitrogens is 1. The molecule has 0 aliphatic carbocycles. The summed E-state index contributed by atoms with van der Waals surface area (Å²) in [6.45, 7) is 0.772. The summed E-state index contributed by atoms with van der Waals surface area (Å²) in [5, 5.41) is 9.36. The number of nitrogens with one attached hydrogen (secondary N) is 1. The lowest BCUT2D eigenvalue weighted by Crippen LogP contribution is -2.32. The van der Waals surface area contributed by atoms with Crippen molar-refractivity contribution < 1.29 is 27.8 Å². The Morgan fingerprint density at radius 3 is 2.74 bits per heavy atom. The van der Waals surface area contributed by atoms with E-state index in [1.54, 1.807) is 12.1 Å². The van der Waals surface area contributed by atoms with Gasteiger partial charge >= 0.3 is 5.97 Å². The fourth-order valence-corrected chi connectivity index (χ4v) is 3.94. The molecule has 1 aliphatic heterocycles. The molecule has 1 aromatic carbocycles. The summed E-state index contributed by atoms with van der Waals surface area (Å²) in [6, 6.07) is 7.27. The lowest BCUT2D eigenvalue weighted by atomic mass is 10.0. The summed E-state index contributed by atoms with van der Waals surface area (Å²) < 4.78 is 38.2. The highest BCUT2D eigenvalue weighted by atomic mass is 32.2. The lowest BCUT2D eigenvalue weighted by molar-refractivity contribution is 0.0696. The van der Waals surface area contributed by atoms with Gasteiger partial charge in [-0.25, -0.2) is 22.9 Å². The summed E-state index contributed by atoms with van der Waals surface area (Å²) in [4.78, 5) is 15.4. The van der Waals surface area contributed by atoms with Crippen LogP contribution >= 0.6 is 0 Å². The molecule has 0 saturated carbocycles. The van der Waals surface area contributed by atoms with Crippen LogP contribution in [0.3, 0.4) is 0 Å². The van der Waals surface area contributed by atoms with Gasteiger partial charge in [0.05, 0.1) is 23.7 Å². The summed E-state index contributed by atoms with van der Waals surface area (Å²) in [5.74, 6) is -0.812. The molecule has 0 bridgehead atoms. The molecule has 1 saturated heterocycles. The van der Waals surface area contributed by atoms with Gasteiger partial charge in [0, 0.05) is 31.0 Å². The number of rotatable bonds is 7. The minimum atomic E-state index is -3.89. The van der Waals surface area contributed by atoms with E-state index in [0.29, 0.717) is 23.6 Å². The number of carboxylic acids is 1. The van der Waals surface area contributed by atoms with Gasteiger partial charge in [-0.1, -0.05) is 0 Å². The lowest BCUT2D eigenvalue weighted by Gasteiger charge is -2.13. The average molecular weight is 392 g/mol. The molecule has 0 spiro atoms. The molecule has 2 heterocycles. The minimum Gasteiger partial charge on any atom is -0.481 e. The maximum absolute atomic E-state index is 12.7. The molecular formula is C18H20N2O6S. The van der Waals surface area contributed by atoms with Gasteiger partial charge < -0.3 is 14.6 Å². The Hall–Kier alpha value is -2.49. The SMILES string of the molecule is COc1ccc(-c2cc(C(=O)O)cc(S(=O)(=O)NC[C@@H]3CCCO3)c2)cn1. The zero-order valence-corrected chi connectivity index (χ0v) is 15.5. The van der Waals surface area contributed by atoms with Crippen molar-refractivity contribution in [2.75, 3.05) is 20.3 Å². The van der Waals surface area contributed by atoms with Crippen LogP contribution in [0.25, 0.3) is 11.1 Å². The van der Waals surface area contributed by atoms with E-state index in [4.69, 9.17) is 9.47 Å². The molecule has 2 N–H and O–H groups in total. The number of ether oxygens (including phenoxy) is 2. The molecule has 1 aliphatic rings. The van der Waals surface area contributed by atoms with Gasteiger partial charge in [0.1, 0.15) is 0 Å². The molecule has 144 valence electrons. The third kappa shape index (κ3) is 4.62. The fourth-order valence-electron chi connectivity index (χ4n) is 2.81. The van der Waals surface area contributed by atoms with Crippen LogP contribution < -0.4 is 9.46 Å². The van der Waals surface area contributed by atoms with Gasteiger partial charge in [-0.15, -0.1) is 0 Å². The first-order valence-electron chi connectivity index (χ1n) is 8.39. The number of pyridine rings is 1. The van der Waals surface area contributed by atoms with E-state index in [2.05, 4.69) is 9.71 Å². The molecule has 8 nitrogen and oxygen atoms in total. The number of sulfonamides is 1. The zero-order chi connectivity index (χ0) is 19.4. The summed E-state index contributed by atoms with van der Waals surface area (Å²) in [7, 11) is -2.40. The Morgan fingerprint density at radius 2 is 2.15 bits per heavy atom. The molecule has 0 amide bonds. The predicted octanol–water partition coefficient (Wildman–Crippen LogP) is 1.91. The van der Waals surface area contributed by atoms with Crippen molar-refractivity contribution in [3.05, 3.63) is 42.1 Å². The number of nitrogens with zero attached hydrogens (tertiary/aromatic N) is 1. The highest BCUT2D eigenvalue weighted by Crippen LogP contribution is 2.25. The van der Waals surface area contributed by atoms with Crippen molar-refractivity contribution in [1.29, 1.82) is 0 Å². The van der Waals surface area contributed by atoms with Gasteiger partial charge in [-0.2, -0.15) is 0 Å². The number of benzene rings is 1. The maximum atomic E-state index is 12.7. The van der Waals surface area contributed by atoms with E-state index in [1.165, 1.54) is 25.4 Å². The molecule has 0 unspecified atom stereocenters. The van der Waals surface area contributed by atoms with Gasteiger partial charge in [0.2, 0.25) is 15.9 Å². The number of methoxy groups -OCH3 is 1. The quantitative estimate of drug-likeness (QED) is 0.740. The second kappa shape index (κ2) is 8.03. The molecule has 9 heteroatoms. The van der Waals surface area contributed by atoms with E-state index in [-0.39, 0.29) is 23.1 Å². The minimum absolute atomic E-state index is 0.119. The highest BCUT2D eigenvalue weighted by Gasteiger charge is 2.22. The topological polar surface area (TPSA) is 115 Å². The number of carboxylic acid groups (broad SMARTS) is 1. The smallest absolute Gasteiger partial charge is 0.335 e. The van der Waals surface area contributed by atoms with E-state index >= 15 is 0 Å². The van der Waals surface area contributed by atoms with Crippen LogP contribution in [0.5, 0.6) is 5.88 Å². The second-order valence-electron chi connectivity index (χ2n) is 6.13. The average Bonchev–Trinajstić information content (AvgIpc) is 3.20. The maximum Gasteiger partial charge on any atom is 0.335 e. The van der Waals surface area contributed by atoms with Crippen molar-refractivity contribution in [1.82, 2.24) is 9.71 Å². The number of hydrogen-bond donors (Lipinski definition) is 2. The number of aromatic carboxylic acids is 1. The Balaban J connectivity index is 1.93. The first kappa shape index (κ1) is 19.3. The molecule has 1 atom stereocenters. The molecular weight excluding hydrogens is 372 g/mol. The highest BCUT2D eigenvalue weighted by molar-refractivity contribution is 7.89. The second-order valence-corrected chi connectivity index (χ2v) is 7.89. The van der Waals surface area contributed by atoms with Crippen molar-refractivity contribution in [3.8, 4) is 17.0 Å². The molecule has 27 heavy (non-hydrogen) atoms. The van der Waals surface area contributed by atoms with Crippen molar-refractivity contribution in [2.45, 2.75) is 23.8 Å².